The first-order chi connectivity index (χ1) is 8.52. The molecule has 1 aromatic rings. The lowest BCUT2D eigenvalue weighted by Gasteiger charge is -2.26. The number of aliphatic carboxylic acids is 1. The molecule has 1 unspecified atom stereocenters. The fraction of sp³-hybridized carbons (Fsp3) is 0.500. The van der Waals surface area contributed by atoms with E-state index in [9.17, 15) is 9.90 Å². The molecular formula is C10H14N6O2. The Bertz CT molecular complexity index is 485. The van der Waals surface area contributed by atoms with E-state index >= 15 is 0 Å². The maximum atomic E-state index is 11.4. The molecule has 96 valence electrons. The van der Waals surface area contributed by atoms with E-state index in [0.717, 1.165) is 0 Å². The van der Waals surface area contributed by atoms with Gasteiger partial charge in [-0.2, -0.15) is 0 Å². The molecule has 8 heteroatoms. The van der Waals surface area contributed by atoms with Crippen molar-refractivity contribution in [1.82, 2.24) is 15.3 Å². The molecule has 0 aliphatic rings. The number of carboxylic acid groups (broad SMARTS) is 1. The lowest BCUT2D eigenvalue weighted by atomic mass is 9.96. The Labute approximate surface area is 104 Å². The van der Waals surface area contributed by atoms with Crippen LogP contribution in [0.5, 0.6) is 0 Å². The number of aromatic nitrogens is 2. The summed E-state index contributed by atoms with van der Waals surface area (Å²) in [6, 6.07) is 0. The van der Waals surface area contributed by atoms with Crippen LogP contribution in [-0.2, 0) is 10.3 Å². The highest BCUT2D eigenvalue weighted by Gasteiger charge is 2.37. The van der Waals surface area contributed by atoms with Gasteiger partial charge in [0.05, 0.1) is 11.4 Å². The second kappa shape index (κ2) is 5.95. The zero-order chi connectivity index (χ0) is 13.6. The average Bonchev–Trinajstić information content (AvgIpc) is 2.34. The van der Waals surface area contributed by atoms with E-state index in [4.69, 9.17) is 5.53 Å². The molecule has 0 spiro atoms. The number of hydrogen-bond donors (Lipinski definition) is 2. The molecule has 1 aromatic heterocycles. The molecule has 8 nitrogen and oxygen atoms in total. The molecule has 1 atom stereocenters. The number of azide groups is 1. The monoisotopic (exact) mass is 250 g/mol. The van der Waals surface area contributed by atoms with Gasteiger partial charge < -0.3 is 5.11 Å². The van der Waals surface area contributed by atoms with Gasteiger partial charge in [-0.1, -0.05) is 5.11 Å². The van der Waals surface area contributed by atoms with E-state index in [0.29, 0.717) is 11.4 Å². The largest absolute Gasteiger partial charge is 0.480 e. The SMILES string of the molecule is Cc1nccnc1C(C)(NCCN=[N+]=[N-])C(=O)O. The minimum atomic E-state index is -1.36. The van der Waals surface area contributed by atoms with Crippen LogP contribution >= 0.6 is 0 Å². The number of nitrogens with zero attached hydrogens (tertiary/aromatic N) is 5. The standard InChI is InChI=1S/C10H14N6O2/c1-7-8(13-4-3-12-7)10(2,9(17)18)14-5-6-15-16-11/h3-4,14H,5-6H2,1-2H3,(H,17,18). The Morgan fingerprint density at radius 3 is 2.83 bits per heavy atom. The predicted molar refractivity (Wildman–Crippen MR) is 63.8 cm³/mol. The van der Waals surface area contributed by atoms with E-state index in [-0.39, 0.29) is 13.1 Å². The molecular weight excluding hydrogens is 236 g/mol. The van der Waals surface area contributed by atoms with Crippen LogP contribution in [0.1, 0.15) is 18.3 Å². The van der Waals surface area contributed by atoms with Crippen LogP contribution in [0.15, 0.2) is 17.5 Å². The minimum Gasteiger partial charge on any atom is -0.480 e. The van der Waals surface area contributed by atoms with Crippen molar-refractivity contribution in [2.45, 2.75) is 19.4 Å². The molecule has 0 aliphatic heterocycles. The highest BCUT2D eigenvalue weighted by molar-refractivity contribution is 5.79. The Morgan fingerprint density at radius 2 is 2.28 bits per heavy atom. The number of carbonyl (C=O) groups is 1. The summed E-state index contributed by atoms with van der Waals surface area (Å²) in [6.45, 7) is 3.60. The molecule has 0 saturated carbocycles. The molecule has 1 rings (SSSR count). The number of nitrogens with one attached hydrogen (secondary N) is 1. The fourth-order valence-electron chi connectivity index (χ4n) is 1.56. The average molecular weight is 250 g/mol. The van der Waals surface area contributed by atoms with E-state index in [1.807, 2.05) is 0 Å². The maximum absolute atomic E-state index is 11.4. The lowest BCUT2D eigenvalue weighted by molar-refractivity contribution is -0.144. The molecule has 0 aromatic carbocycles. The smallest absolute Gasteiger partial charge is 0.329 e. The normalized spacial score (nSPS) is 13.4. The second-order valence-electron chi connectivity index (χ2n) is 3.80. The zero-order valence-corrected chi connectivity index (χ0v) is 10.2. The Morgan fingerprint density at radius 1 is 1.61 bits per heavy atom. The molecule has 18 heavy (non-hydrogen) atoms. The number of hydrogen-bond acceptors (Lipinski definition) is 5. The third-order valence-corrected chi connectivity index (χ3v) is 2.54. The minimum absolute atomic E-state index is 0.165. The van der Waals surface area contributed by atoms with Crippen molar-refractivity contribution < 1.29 is 9.90 Å². The Kier molecular flexibility index (Phi) is 4.59. The third kappa shape index (κ3) is 2.93. The van der Waals surface area contributed by atoms with Crippen molar-refractivity contribution in [2.24, 2.45) is 5.11 Å². The lowest BCUT2D eigenvalue weighted by Crippen LogP contribution is -2.48. The molecule has 0 saturated heterocycles. The Balaban J connectivity index is 2.97. The third-order valence-electron chi connectivity index (χ3n) is 2.54. The summed E-state index contributed by atoms with van der Waals surface area (Å²) in [6.07, 6.45) is 2.94. The van der Waals surface area contributed by atoms with Gasteiger partial charge in [0.25, 0.3) is 0 Å². The van der Waals surface area contributed by atoms with E-state index in [1.54, 1.807) is 6.92 Å². The summed E-state index contributed by atoms with van der Waals surface area (Å²) in [5.74, 6) is -1.06. The summed E-state index contributed by atoms with van der Waals surface area (Å²) in [5, 5.41) is 15.5. The van der Waals surface area contributed by atoms with Crippen LogP contribution in [0.4, 0.5) is 0 Å². The van der Waals surface area contributed by atoms with Gasteiger partial charge >= 0.3 is 5.97 Å². The van der Waals surface area contributed by atoms with Gasteiger partial charge in [-0.05, 0) is 19.4 Å². The molecule has 0 aliphatic carbocycles. The van der Waals surface area contributed by atoms with Crippen LogP contribution in [0.3, 0.4) is 0 Å². The van der Waals surface area contributed by atoms with Crippen LogP contribution < -0.4 is 5.32 Å². The first-order valence-corrected chi connectivity index (χ1v) is 5.29. The van der Waals surface area contributed by atoms with Crippen molar-refractivity contribution in [3.8, 4) is 0 Å². The van der Waals surface area contributed by atoms with E-state index < -0.39 is 11.5 Å². The molecule has 0 fully saturated rings. The first kappa shape index (κ1) is 13.9. The first-order valence-electron chi connectivity index (χ1n) is 5.29. The van der Waals surface area contributed by atoms with Gasteiger partial charge in [0.2, 0.25) is 0 Å². The van der Waals surface area contributed by atoms with E-state index in [2.05, 4.69) is 25.3 Å². The van der Waals surface area contributed by atoms with Crippen LogP contribution in [0.25, 0.3) is 10.4 Å². The zero-order valence-electron chi connectivity index (χ0n) is 10.2. The summed E-state index contributed by atoms with van der Waals surface area (Å²) in [4.78, 5) is 22.1. The predicted octanol–water partition coefficient (Wildman–Crippen LogP) is 0.985. The quantitative estimate of drug-likeness (QED) is 0.337. The summed E-state index contributed by atoms with van der Waals surface area (Å²) in [5.41, 5.74) is 7.69. The van der Waals surface area contributed by atoms with Gasteiger partial charge in [-0.3, -0.25) is 15.3 Å². The van der Waals surface area contributed by atoms with Crippen LogP contribution in [0.2, 0.25) is 0 Å². The molecule has 0 amide bonds. The topological polar surface area (TPSA) is 124 Å². The van der Waals surface area contributed by atoms with Crippen molar-refractivity contribution in [1.29, 1.82) is 0 Å². The second-order valence-corrected chi connectivity index (χ2v) is 3.80. The summed E-state index contributed by atoms with van der Waals surface area (Å²) < 4.78 is 0. The van der Waals surface area contributed by atoms with Gasteiger partial charge in [0.15, 0.2) is 5.54 Å². The van der Waals surface area contributed by atoms with Gasteiger partial charge in [-0.25, -0.2) is 4.79 Å². The van der Waals surface area contributed by atoms with Crippen LogP contribution in [0, 0.1) is 6.92 Å². The molecule has 0 bridgehead atoms. The van der Waals surface area contributed by atoms with Gasteiger partial charge in [-0.15, -0.1) is 0 Å². The Hall–Kier alpha value is -2.18. The summed E-state index contributed by atoms with van der Waals surface area (Å²) >= 11 is 0. The van der Waals surface area contributed by atoms with Crippen molar-refractivity contribution >= 4 is 5.97 Å². The van der Waals surface area contributed by atoms with Crippen LogP contribution in [-0.4, -0.2) is 34.1 Å². The van der Waals surface area contributed by atoms with Crippen molar-refractivity contribution in [3.05, 3.63) is 34.2 Å². The molecule has 0 radical (unpaired) electrons. The van der Waals surface area contributed by atoms with E-state index in [1.165, 1.54) is 19.3 Å². The number of rotatable bonds is 6. The van der Waals surface area contributed by atoms with Crippen molar-refractivity contribution in [2.75, 3.05) is 13.1 Å². The number of aryl methyl sites for hydroxylation is 1. The highest BCUT2D eigenvalue weighted by Crippen LogP contribution is 2.20. The van der Waals surface area contributed by atoms with Gasteiger partial charge in [0.1, 0.15) is 0 Å². The van der Waals surface area contributed by atoms with Crippen molar-refractivity contribution in [3.63, 3.8) is 0 Å². The fourth-order valence-corrected chi connectivity index (χ4v) is 1.56. The highest BCUT2D eigenvalue weighted by atomic mass is 16.4. The molecule has 2 N–H and O–H groups in total. The maximum Gasteiger partial charge on any atom is 0.329 e. The summed E-state index contributed by atoms with van der Waals surface area (Å²) in [7, 11) is 0. The van der Waals surface area contributed by atoms with Gasteiger partial charge in [0, 0.05) is 30.4 Å². The molecule has 1 heterocycles. The number of carboxylic acids is 1.